The number of hydrogen-bond acceptors (Lipinski definition) is 4. The number of hydrogen-bond donors (Lipinski definition) is 3. The van der Waals surface area contributed by atoms with Gasteiger partial charge in [-0.3, -0.25) is 4.79 Å². The van der Waals surface area contributed by atoms with Gasteiger partial charge in [-0.15, -0.1) is 0 Å². The van der Waals surface area contributed by atoms with Gasteiger partial charge in [-0.2, -0.15) is 0 Å². The van der Waals surface area contributed by atoms with Crippen molar-refractivity contribution >= 4 is 12.1 Å². The topological polar surface area (TPSA) is 102 Å². The van der Waals surface area contributed by atoms with Crippen LogP contribution in [0.25, 0.3) is 0 Å². The van der Waals surface area contributed by atoms with Crippen molar-refractivity contribution in [3.05, 3.63) is 0 Å². The zero-order valence-corrected chi connectivity index (χ0v) is 10.3. The SMILES string of the molecule is CCCCOC(=O)NCCCC[C@H](N)C(=O)O. The van der Waals surface area contributed by atoms with E-state index in [-0.39, 0.29) is 0 Å². The Morgan fingerprint density at radius 2 is 2.06 bits per heavy atom. The molecule has 0 spiro atoms. The lowest BCUT2D eigenvalue weighted by atomic mass is 10.1. The van der Waals surface area contributed by atoms with Crippen LogP contribution in [0.2, 0.25) is 0 Å². The van der Waals surface area contributed by atoms with Crippen LogP contribution in [0.15, 0.2) is 0 Å². The molecule has 0 aliphatic heterocycles. The van der Waals surface area contributed by atoms with Crippen molar-refractivity contribution in [3.63, 3.8) is 0 Å². The number of carboxylic acid groups (broad SMARTS) is 1. The van der Waals surface area contributed by atoms with Gasteiger partial charge in [0.25, 0.3) is 0 Å². The molecular weight excluding hydrogens is 224 g/mol. The van der Waals surface area contributed by atoms with Crippen molar-refractivity contribution in [3.8, 4) is 0 Å². The molecule has 100 valence electrons. The molecule has 0 fully saturated rings. The van der Waals surface area contributed by atoms with Gasteiger partial charge in [0.15, 0.2) is 0 Å². The fourth-order valence-corrected chi connectivity index (χ4v) is 1.16. The van der Waals surface area contributed by atoms with Gasteiger partial charge in [0.2, 0.25) is 0 Å². The predicted octanol–water partition coefficient (Wildman–Crippen LogP) is 1.09. The van der Waals surface area contributed by atoms with E-state index in [9.17, 15) is 9.59 Å². The Morgan fingerprint density at radius 3 is 2.65 bits per heavy atom. The third-order valence-corrected chi connectivity index (χ3v) is 2.26. The summed E-state index contributed by atoms with van der Waals surface area (Å²) in [6.45, 7) is 2.94. The molecule has 6 nitrogen and oxygen atoms in total. The van der Waals surface area contributed by atoms with Crippen LogP contribution in [-0.2, 0) is 9.53 Å². The number of nitrogens with one attached hydrogen (secondary N) is 1. The van der Waals surface area contributed by atoms with Gasteiger partial charge in [0.05, 0.1) is 6.61 Å². The average molecular weight is 246 g/mol. The standard InChI is InChI=1S/C11H22N2O4/c1-2-3-8-17-11(16)13-7-5-4-6-9(12)10(14)15/h9H,2-8,12H2,1H3,(H,13,16)(H,14,15)/t9-/m0/s1. The molecule has 0 aromatic rings. The van der Waals surface area contributed by atoms with Gasteiger partial charge in [0.1, 0.15) is 6.04 Å². The van der Waals surface area contributed by atoms with Crippen molar-refractivity contribution in [2.45, 2.75) is 45.1 Å². The van der Waals surface area contributed by atoms with Crippen molar-refractivity contribution in [1.82, 2.24) is 5.32 Å². The molecule has 0 heterocycles. The number of carboxylic acids is 1. The van der Waals surface area contributed by atoms with E-state index in [1.165, 1.54) is 0 Å². The molecule has 0 rings (SSSR count). The first-order valence-electron chi connectivity index (χ1n) is 5.97. The number of aliphatic carboxylic acids is 1. The van der Waals surface area contributed by atoms with Crippen LogP contribution in [0.1, 0.15) is 39.0 Å². The first kappa shape index (κ1) is 15.7. The van der Waals surface area contributed by atoms with Crippen LogP contribution in [0, 0.1) is 0 Å². The monoisotopic (exact) mass is 246 g/mol. The molecule has 1 atom stereocenters. The molecule has 0 aliphatic carbocycles. The lowest BCUT2D eigenvalue weighted by Gasteiger charge is -2.07. The average Bonchev–Trinajstić information content (AvgIpc) is 2.28. The molecule has 0 bridgehead atoms. The highest BCUT2D eigenvalue weighted by atomic mass is 16.5. The number of unbranched alkanes of at least 4 members (excludes halogenated alkanes) is 2. The van der Waals surface area contributed by atoms with Crippen molar-refractivity contribution < 1.29 is 19.4 Å². The number of nitrogens with two attached hydrogens (primary N) is 1. The number of carbonyl (C=O) groups is 2. The largest absolute Gasteiger partial charge is 0.480 e. The summed E-state index contributed by atoms with van der Waals surface area (Å²) in [5.41, 5.74) is 5.33. The maximum Gasteiger partial charge on any atom is 0.407 e. The second-order valence-electron chi connectivity index (χ2n) is 3.86. The molecule has 0 unspecified atom stereocenters. The van der Waals surface area contributed by atoms with E-state index in [0.717, 1.165) is 12.8 Å². The third-order valence-electron chi connectivity index (χ3n) is 2.26. The number of ether oxygens (including phenoxy) is 1. The molecule has 0 aliphatic rings. The summed E-state index contributed by atoms with van der Waals surface area (Å²) in [5, 5.41) is 11.1. The van der Waals surface area contributed by atoms with Crippen LogP contribution < -0.4 is 11.1 Å². The van der Waals surface area contributed by atoms with Crippen LogP contribution in [0.5, 0.6) is 0 Å². The smallest absolute Gasteiger partial charge is 0.407 e. The summed E-state index contributed by atoms with van der Waals surface area (Å²) in [6.07, 6.45) is 3.22. The van der Waals surface area contributed by atoms with Crippen molar-refractivity contribution in [2.75, 3.05) is 13.2 Å². The molecule has 4 N–H and O–H groups in total. The predicted molar refractivity (Wildman–Crippen MR) is 63.7 cm³/mol. The van der Waals surface area contributed by atoms with E-state index in [2.05, 4.69) is 5.32 Å². The van der Waals surface area contributed by atoms with Crippen molar-refractivity contribution in [2.24, 2.45) is 5.73 Å². The summed E-state index contributed by atoms with van der Waals surface area (Å²) in [7, 11) is 0. The van der Waals surface area contributed by atoms with Gasteiger partial charge in [-0.05, 0) is 25.7 Å². The first-order chi connectivity index (χ1) is 8.07. The van der Waals surface area contributed by atoms with Crippen LogP contribution in [0.3, 0.4) is 0 Å². The summed E-state index contributed by atoms with van der Waals surface area (Å²) >= 11 is 0. The second kappa shape index (κ2) is 9.89. The number of alkyl carbamates (subject to hydrolysis) is 1. The molecule has 0 radical (unpaired) electrons. The highest BCUT2D eigenvalue weighted by molar-refractivity contribution is 5.72. The Labute approximate surface area is 102 Å². The van der Waals surface area contributed by atoms with E-state index in [1.807, 2.05) is 6.92 Å². The van der Waals surface area contributed by atoms with Gasteiger partial charge >= 0.3 is 12.1 Å². The molecule has 1 amide bonds. The molecule has 0 aromatic heterocycles. The minimum absolute atomic E-state index is 0.416. The van der Waals surface area contributed by atoms with Gasteiger partial charge < -0.3 is 20.9 Å². The Morgan fingerprint density at radius 1 is 1.35 bits per heavy atom. The van der Waals surface area contributed by atoms with Crippen LogP contribution >= 0.6 is 0 Å². The Hall–Kier alpha value is -1.30. The number of amides is 1. The van der Waals surface area contributed by atoms with E-state index in [4.69, 9.17) is 15.6 Å². The second-order valence-corrected chi connectivity index (χ2v) is 3.86. The normalized spacial score (nSPS) is 11.9. The summed E-state index contributed by atoms with van der Waals surface area (Å²) < 4.78 is 4.88. The van der Waals surface area contributed by atoms with E-state index < -0.39 is 18.1 Å². The fraction of sp³-hybridized carbons (Fsp3) is 0.818. The van der Waals surface area contributed by atoms with E-state index >= 15 is 0 Å². The molecule has 6 heteroatoms. The molecule has 17 heavy (non-hydrogen) atoms. The summed E-state index contributed by atoms with van der Waals surface area (Å²) in [4.78, 5) is 21.5. The number of rotatable bonds is 9. The van der Waals surface area contributed by atoms with Crippen molar-refractivity contribution in [1.29, 1.82) is 0 Å². The minimum Gasteiger partial charge on any atom is -0.480 e. The maximum atomic E-state index is 11.1. The zero-order chi connectivity index (χ0) is 13.1. The Kier molecular flexibility index (Phi) is 9.14. The molecular formula is C11H22N2O4. The lowest BCUT2D eigenvalue weighted by Crippen LogP contribution is -2.30. The Bertz CT molecular complexity index is 234. The molecule has 0 aromatic carbocycles. The van der Waals surface area contributed by atoms with Gasteiger partial charge in [-0.1, -0.05) is 13.3 Å². The highest BCUT2D eigenvalue weighted by Gasteiger charge is 2.10. The maximum absolute atomic E-state index is 11.1. The van der Waals surface area contributed by atoms with E-state index in [0.29, 0.717) is 32.4 Å². The quantitative estimate of drug-likeness (QED) is 0.529. The highest BCUT2D eigenvalue weighted by Crippen LogP contribution is 1.98. The van der Waals surface area contributed by atoms with Crippen LogP contribution in [0.4, 0.5) is 4.79 Å². The zero-order valence-electron chi connectivity index (χ0n) is 10.3. The van der Waals surface area contributed by atoms with Crippen LogP contribution in [-0.4, -0.2) is 36.4 Å². The fourth-order valence-electron chi connectivity index (χ4n) is 1.16. The summed E-state index contributed by atoms with van der Waals surface area (Å²) in [5.74, 6) is -0.989. The summed E-state index contributed by atoms with van der Waals surface area (Å²) in [6, 6.07) is -0.813. The molecule has 0 saturated heterocycles. The number of carbonyl (C=O) groups excluding carboxylic acids is 1. The molecule has 0 saturated carbocycles. The van der Waals surface area contributed by atoms with Gasteiger partial charge in [-0.25, -0.2) is 4.79 Å². The first-order valence-corrected chi connectivity index (χ1v) is 5.97. The third kappa shape index (κ3) is 9.62. The van der Waals surface area contributed by atoms with E-state index in [1.54, 1.807) is 0 Å². The lowest BCUT2D eigenvalue weighted by molar-refractivity contribution is -0.138. The Balaban J connectivity index is 3.33. The minimum atomic E-state index is -0.989. The van der Waals surface area contributed by atoms with Gasteiger partial charge in [0, 0.05) is 6.54 Å².